The van der Waals surface area contributed by atoms with E-state index in [2.05, 4.69) is 64.6 Å². The summed E-state index contributed by atoms with van der Waals surface area (Å²) in [6.45, 7) is 9.44. The average Bonchev–Trinajstić information content (AvgIpc) is 4.08. The quantitative estimate of drug-likeness (QED) is 0.119. The molecule has 4 unspecified atom stereocenters. The predicted octanol–water partition coefficient (Wildman–Crippen LogP) is 8.34. The van der Waals surface area contributed by atoms with Crippen LogP contribution in [0.25, 0.3) is 44.5 Å². The number of aromatic nitrogens is 4. The van der Waals surface area contributed by atoms with E-state index in [1.165, 1.54) is 59.9 Å². The first-order chi connectivity index (χ1) is 27.5. The fourth-order valence-electron chi connectivity index (χ4n) is 10.5. The standard InChI is InChI=1S/C47H58N8O2/c1-27(2)41(48)45(56)54-23-7-9-38(54)43-50-26-37(53-43)30-13-11-29(12-14-30)33-17-16-32(34-19-22-47(40(33)34)20-5-6-21-47)31-15-18-35-36(25-31)52-44(51-35)39-10-8-24-55(39)46(57)42(49)28(3)4/h11-18,25-28,38-39,41-42H,5-10,19-24,48-49H2,1-4H3,(H,50,53)(H,51,52). The molecule has 57 heavy (non-hydrogen) atoms. The fraction of sp³-hybridized carbons (Fsp3) is 0.489. The number of carbonyl (C=O) groups is 2. The second kappa shape index (κ2) is 14.9. The lowest BCUT2D eigenvalue weighted by atomic mass is 9.76. The first-order valence-electron chi connectivity index (χ1n) is 21.5. The normalized spacial score (nSPS) is 21.4. The van der Waals surface area contributed by atoms with E-state index in [-0.39, 0.29) is 41.1 Å². The number of carbonyl (C=O) groups excluding carboxylic acids is 2. The summed E-state index contributed by atoms with van der Waals surface area (Å²) >= 11 is 0. The third kappa shape index (κ3) is 6.58. The second-order valence-corrected chi connectivity index (χ2v) is 18.0. The van der Waals surface area contributed by atoms with Gasteiger partial charge in [-0.25, -0.2) is 9.97 Å². The molecule has 10 nitrogen and oxygen atoms in total. The third-order valence-electron chi connectivity index (χ3n) is 13.9. The Morgan fingerprint density at radius 2 is 1.32 bits per heavy atom. The Morgan fingerprint density at radius 3 is 1.96 bits per heavy atom. The van der Waals surface area contributed by atoms with E-state index < -0.39 is 12.1 Å². The van der Waals surface area contributed by atoms with Crippen LogP contribution in [0.2, 0.25) is 0 Å². The molecule has 2 aliphatic heterocycles. The number of imidazole rings is 2. The summed E-state index contributed by atoms with van der Waals surface area (Å²) in [7, 11) is 0. The van der Waals surface area contributed by atoms with Crippen molar-refractivity contribution in [2.45, 2.75) is 121 Å². The third-order valence-corrected chi connectivity index (χ3v) is 13.9. The van der Waals surface area contributed by atoms with Gasteiger partial charge in [-0.2, -0.15) is 0 Å². The van der Waals surface area contributed by atoms with E-state index in [1.807, 2.05) is 43.7 Å². The van der Waals surface area contributed by atoms with Crippen LogP contribution in [-0.4, -0.2) is 66.7 Å². The van der Waals surface area contributed by atoms with Gasteiger partial charge in [-0.05, 0) is 120 Å². The largest absolute Gasteiger partial charge is 0.340 e. The SMILES string of the molecule is CC(C)C(N)C(=O)N1CCCC1c1ncc(-c2ccc(-c3ccc(-c4ccc5nc(C6CCCN6C(=O)C(N)C(C)C)[nH]c5c4)c4c3C3(CCCC3)CC4)cc2)[nH]1. The van der Waals surface area contributed by atoms with Crippen molar-refractivity contribution in [3.05, 3.63) is 83.6 Å². The smallest absolute Gasteiger partial charge is 0.240 e. The highest BCUT2D eigenvalue weighted by Crippen LogP contribution is 2.55. The van der Waals surface area contributed by atoms with Crippen LogP contribution in [0.15, 0.2) is 60.8 Å². The number of benzene rings is 3. The van der Waals surface area contributed by atoms with Crippen LogP contribution in [0.1, 0.15) is 120 Å². The molecule has 0 bridgehead atoms. The molecule has 3 aromatic carbocycles. The second-order valence-electron chi connectivity index (χ2n) is 18.0. The molecule has 2 saturated heterocycles. The number of nitrogens with zero attached hydrogens (tertiary/aromatic N) is 4. The first kappa shape index (κ1) is 37.8. The number of amides is 2. The van der Waals surface area contributed by atoms with Gasteiger partial charge in [0.15, 0.2) is 0 Å². The number of hydrogen-bond acceptors (Lipinski definition) is 6. The summed E-state index contributed by atoms with van der Waals surface area (Å²) in [5, 5.41) is 0. The Balaban J connectivity index is 1.00. The van der Waals surface area contributed by atoms with Gasteiger partial charge in [0.2, 0.25) is 11.8 Å². The maximum absolute atomic E-state index is 13.3. The van der Waals surface area contributed by atoms with Gasteiger partial charge in [0.25, 0.3) is 0 Å². The predicted molar refractivity (Wildman–Crippen MR) is 226 cm³/mol. The molecular weight excluding hydrogens is 709 g/mol. The number of aromatic amines is 2. The Kier molecular flexibility index (Phi) is 9.84. The van der Waals surface area contributed by atoms with Gasteiger partial charge in [0, 0.05) is 13.1 Å². The van der Waals surface area contributed by atoms with Gasteiger partial charge in [-0.1, -0.05) is 83.0 Å². The highest BCUT2D eigenvalue weighted by Gasteiger charge is 2.44. The molecule has 3 fully saturated rings. The van der Waals surface area contributed by atoms with Crippen molar-refractivity contribution >= 4 is 22.8 Å². The van der Waals surface area contributed by atoms with Crippen LogP contribution < -0.4 is 11.5 Å². The number of nitrogens with two attached hydrogens (primary N) is 2. The molecular formula is C47H58N8O2. The van der Waals surface area contributed by atoms with Crippen molar-refractivity contribution < 1.29 is 9.59 Å². The highest BCUT2D eigenvalue weighted by atomic mass is 16.2. The van der Waals surface area contributed by atoms with Crippen LogP contribution in [-0.2, 0) is 21.4 Å². The minimum absolute atomic E-state index is 0.0115. The highest BCUT2D eigenvalue weighted by molar-refractivity contribution is 5.87. The zero-order valence-electron chi connectivity index (χ0n) is 34.0. The summed E-state index contributed by atoms with van der Waals surface area (Å²) in [6.07, 6.45) is 12.9. The van der Waals surface area contributed by atoms with Gasteiger partial charge in [0.1, 0.15) is 11.6 Å². The molecule has 10 heteroatoms. The van der Waals surface area contributed by atoms with E-state index in [4.69, 9.17) is 21.4 Å². The van der Waals surface area contributed by atoms with Gasteiger partial charge in [-0.3, -0.25) is 9.59 Å². The number of H-pyrrole nitrogens is 2. The monoisotopic (exact) mass is 766 g/mol. The number of likely N-dealkylation sites (tertiary alicyclic amines) is 2. The van der Waals surface area contributed by atoms with Crippen LogP contribution in [0.3, 0.4) is 0 Å². The lowest BCUT2D eigenvalue weighted by Crippen LogP contribution is -2.46. The lowest BCUT2D eigenvalue weighted by Gasteiger charge is -2.28. The maximum atomic E-state index is 13.3. The topological polar surface area (TPSA) is 150 Å². The Labute approximate surface area is 336 Å². The Morgan fingerprint density at radius 1 is 0.719 bits per heavy atom. The molecule has 2 aromatic heterocycles. The first-order valence-corrected chi connectivity index (χ1v) is 21.5. The van der Waals surface area contributed by atoms with Crippen molar-refractivity contribution in [3.8, 4) is 33.5 Å². The molecule has 5 aromatic rings. The summed E-state index contributed by atoms with van der Waals surface area (Å²) in [5.41, 5.74) is 24.9. The van der Waals surface area contributed by atoms with Crippen molar-refractivity contribution in [2.75, 3.05) is 13.1 Å². The molecule has 1 spiro atoms. The maximum Gasteiger partial charge on any atom is 0.240 e. The van der Waals surface area contributed by atoms with Gasteiger partial charge in [-0.15, -0.1) is 0 Å². The Bertz CT molecular complexity index is 2300. The number of hydrogen-bond donors (Lipinski definition) is 4. The summed E-state index contributed by atoms with van der Waals surface area (Å²) in [5.74, 6) is 1.89. The molecule has 4 heterocycles. The van der Waals surface area contributed by atoms with Gasteiger partial charge < -0.3 is 31.2 Å². The van der Waals surface area contributed by atoms with Gasteiger partial charge in [0.05, 0.1) is 47.1 Å². The fourth-order valence-corrected chi connectivity index (χ4v) is 10.5. The number of rotatable bonds is 9. The zero-order chi connectivity index (χ0) is 39.6. The molecule has 0 radical (unpaired) electrons. The minimum Gasteiger partial charge on any atom is -0.340 e. The van der Waals surface area contributed by atoms with Crippen molar-refractivity contribution in [1.82, 2.24) is 29.7 Å². The Hall–Kier alpha value is -4.80. The average molecular weight is 767 g/mol. The van der Waals surface area contributed by atoms with E-state index in [9.17, 15) is 9.59 Å². The van der Waals surface area contributed by atoms with Crippen LogP contribution in [0.5, 0.6) is 0 Å². The van der Waals surface area contributed by atoms with Crippen LogP contribution in [0.4, 0.5) is 0 Å². The molecule has 6 N–H and O–H groups in total. The summed E-state index contributed by atoms with van der Waals surface area (Å²) in [4.78, 5) is 47.3. The number of nitrogens with one attached hydrogen (secondary N) is 2. The molecule has 2 amide bonds. The zero-order valence-corrected chi connectivity index (χ0v) is 34.0. The van der Waals surface area contributed by atoms with Crippen molar-refractivity contribution in [1.29, 1.82) is 0 Å². The molecule has 9 rings (SSSR count). The van der Waals surface area contributed by atoms with E-state index in [0.717, 1.165) is 79.1 Å². The number of fused-ring (bicyclic) bond motifs is 3. The molecule has 4 aliphatic rings. The minimum atomic E-state index is -0.501. The molecule has 4 atom stereocenters. The van der Waals surface area contributed by atoms with E-state index in [0.29, 0.717) is 0 Å². The van der Waals surface area contributed by atoms with Crippen molar-refractivity contribution in [3.63, 3.8) is 0 Å². The molecule has 1 saturated carbocycles. The molecule has 298 valence electrons. The van der Waals surface area contributed by atoms with E-state index in [1.54, 1.807) is 5.56 Å². The van der Waals surface area contributed by atoms with Crippen LogP contribution in [0, 0.1) is 11.8 Å². The summed E-state index contributed by atoms with van der Waals surface area (Å²) in [6, 6.07) is 19.1. The van der Waals surface area contributed by atoms with Gasteiger partial charge >= 0.3 is 0 Å². The van der Waals surface area contributed by atoms with Crippen molar-refractivity contribution in [2.24, 2.45) is 23.3 Å². The van der Waals surface area contributed by atoms with E-state index >= 15 is 0 Å². The summed E-state index contributed by atoms with van der Waals surface area (Å²) < 4.78 is 0. The van der Waals surface area contributed by atoms with Crippen LogP contribution >= 0.6 is 0 Å². The lowest BCUT2D eigenvalue weighted by molar-refractivity contribution is -0.135. The molecule has 2 aliphatic carbocycles.